The molecule has 20 heavy (non-hydrogen) atoms. The average Bonchev–Trinajstić information content (AvgIpc) is 2.72. The average molecular weight is 285 g/mol. The van der Waals surface area contributed by atoms with Crippen LogP contribution in [0.5, 0.6) is 0 Å². The van der Waals surface area contributed by atoms with E-state index in [1.807, 2.05) is 18.2 Å². The second-order valence-electron chi connectivity index (χ2n) is 4.57. The maximum atomic E-state index is 5.78. The van der Waals surface area contributed by atoms with Crippen molar-refractivity contribution < 1.29 is 0 Å². The van der Waals surface area contributed by atoms with Crippen molar-refractivity contribution in [2.75, 3.05) is 11.1 Å². The topological polar surface area (TPSA) is 76.7 Å². The minimum atomic E-state index is 0.294. The van der Waals surface area contributed by atoms with Gasteiger partial charge >= 0.3 is 0 Å². The fourth-order valence-electron chi connectivity index (χ4n) is 2.07. The van der Waals surface area contributed by atoms with Crippen LogP contribution in [0.3, 0.4) is 0 Å². The molecular formula is C14H15N5S. The lowest BCUT2D eigenvalue weighted by Crippen LogP contribution is -2.06. The van der Waals surface area contributed by atoms with Crippen LogP contribution in [-0.2, 0) is 6.54 Å². The zero-order chi connectivity index (χ0) is 14.1. The highest BCUT2D eigenvalue weighted by molar-refractivity contribution is 7.18. The number of nitrogen functional groups attached to an aromatic ring is 1. The van der Waals surface area contributed by atoms with Crippen LogP contribution < -0.4 is 11.1 Å². The molecule has 0 amide bonds. The fraction of sp³-hybridized carbons (Fsp3) is 0.214. The second kappa shape index (κ2) is 5.05. The van der Waals surface area contributed by atoms with Crippen molar-refractivity contribution in [1.82, 2.24) is 15.0 Å². The molecular weight excluding hydrogens is 270 g/mol. The number of anilines is 2. The number of rotatable bonds is 3. The lowest BCUT2D eigenvalue weighted by molar-refractivity contribution is 1.03. The number of hydrogen-bond acceptors (Lipinski definition) is 6. The van der Waals surface area contributed by atoms with E-state index >= 15 is 0 Å². The lowest BCUT2D eigenvalue weighted by atomic mass is 10.2. The van der Waals surface area contributed by atoms with E-state index in [-0.39, 0.29) is 0 Å². The Morgan fingerprint density at radius 1 is 1.25 bits per heavy atom. The van der Waals surface area contributed by atoms with Crippen LogP contribution in [-0.4, -0.2) is 15.0 Å². The molecule has 5 nitrogen and oxygen atoms in total. The van der Waals surface area contributed by atoms with Crippen LogP contribution in [0.1, 0.15) is 16.1 Å². The number of hydrogen-bond donors (Lipinski definition) is 2. The molecule has 0 bridgehead atoms. The maximum absolute atomic E-state index is 5.78. The summed E-state index contributed by atoms with van der Waals surface area (Å²) < 4.78 is 0. The molecule has 0 aliphatic heterocycles. The second-order valence-corrected chi connectivity index (χ2v) is 5.77. The zero-order valence-corrected chi connectivity index (χ0v) is 12.2. The predicted molar refractivity (Wildman–Crippen MR) is 82.9 cm³/mol. The summed E-state index contributed by atoms with van der Waals surface area (Å²) in [5, 5.41) is 4.37. The highest BCUT2D eigenvalue weighted by Crippen LogP contribution is 2.33. The summed E-state index contributed by atoms with van der Waals surface area (Å²) in [4.78, 5) is 15.1. The van der Waals surface area contributed by atoms with Crippen LogP contribution in [0.2, 0.25) is 0 Å². The quantitative estimate of drug-likeness (QED) is 0.773. The number of nitrogens with two attached hydrogens (primary N) is 1. The SMILES string of the molecule is Cc1sc2nc(N)nc(NCc3ccccn3)c2c1C. The summed E-state index contributed by atoms with van der Waals surface area (Å²) >= 11 is 1.64. The molecule has 0 fully saturated rings. The fourth-order valence-corrected chi connectivity index (χ4v) is 3.11. The first-order valence-electron chi connectivity index (χ1n) is 6.32. The van der Waals surface area contributed by atoms with Crippen molar-refractivity contribution >= 4 is 33.3 Å². The van der Waals surface area contributed by atoms with Gasteiger partial charge in [0, 0.05) is 11.1 Å². The molecule has 3 heterocycles. The van der Waals surface area contributed by atoms with E-state index in [1.54, 1.807) is 17.5 Å². The lowest BCUT2D eigenvalue weighted by Gasteiger charge is -2.07. The molecule has 0 aliphatic carbocycles. The number of aryl methyl sites for hydroxylation is 2. The third kappa shape index (κ3) is 2.30. The van der Waals surface area contributed by atoms with E-state index in [1.165, 1.54) is 10.4 Å². The standard InChI is InChI=1S/C14H15N5S/c1-8-9(2)20-13-11(8)12(18-14(15)19-13)17-7-10-5-3-4-6-16-10/h3-6H,7H2,1-2H3,(H3,15,17,18,19). The Hall–Kier alpha value is -2.21. The summed E-state index contributed by atoms with van der Waals surface area (Å²) in [5.74, 6) is 1.07. The van der Waals surface area contributed by atoms with Crippen LogP contribution in [0, 0.1) is 13.8 Å². The van der Waals surface area contributed by atoms with E-state index in [2.05, 4.69) is 34.1 Å². The van der Waals surface area contributed by atoms with Gasteiger partial charge in [-0.25, -0.2) is 4.98 Å². The molecule has 102 valence electrons. The van der Waals surface area contributed by atoms with Gasteiger partial charge in [0.05, 0.1) is 17.6 Å². The molecule has 0 aliphatic rings. The van der Waals surface area contributed by atoms with Crippen LogP contribution in [0.25, 0.3) is 10.2 Å². The summed E-state index contributed by atoms with van der Waals surface area (Å²) in [7, 11) is 0. The molecule has 0 aromatic carbocycles. The van der Waals surface area contributed by atoms with E-state index in [9.17, 15) is 0 Å². The van der Waals surface area contributed by atoms with Gasteiger partial charge in [-0.05, 0) is 31.5 Å². The zero-order valence-electron chi connectivity index (χ0n) is 11.3. The van der Waals surface area contributed by atoms with Crippen molar-refractivity contribution in [2.45, 2.75) is 20.4 Å². The number of thiophene rings is 1. The molecule has 6 heteroatoms. The van der Waals surface area contributed by atoms with E-state index in [4.69, 9.17) is 5.73 Å². The third-order valence-electron chi connectivity index (χ3n) is 3.21. The number of aromatic nitrogens is 3. The Bertz CT molecular complexity index is 751. The van der Waals surface area contributed by atoms with Crippen molar-refractivity contribution in [1.29, 1.82) is 0 Å². The van der Waals surface area contributed by atoms with Crippen LogP contribution in [0.15, 0.2) is 24.4 Å². The van der Waals surface area contributed by atoms with Crippen molar-refractivity contribution in [3.8, 4) is 0 Å². The van der Waals surface area contributed by atoms with Gasteiger partial charge in [0.2, 0.25) is 5.95 Å². The number of pyridine rings is 1. The number of nitrogens with one attached hydrogen (secondary N) is 1. The summed E-state index contributed by atoms with van der Waals surface area (Å²) in [6, 6.07) is 5.84. The first-order valence-corrected chi connectivity index (χ1v) is 7.14. The minimum Gasteiger partial charge on any atom is -0.368 e. The molecule has 0 atom stereocenters. The molecule has 3 aromatic rings. The Kier molecular flexibility index (Phi) is 3.23. The van der Waals surface area contributed by atoms with Gasteiger partial charge in [-0.1, -0.05) is 6.07 Å². The Labute approximate surface area is 120 Å². The Morgan fingerprint density at radius 3 is 2.85 bits per heavy atom. The van der Waals surface area contributed by atoms with Crippen molar-refractivity contribution in [2.24, 2.45) is 0 Å². The first-order chi connectivity index (χ1) is 9.65. The maximum Gasteiger partial charge on any atom is 0.223 e. The highest BCUT2D eigenvalue weighted by atomic mass is 32.1. The smallest absolute Gasteiger partial charge is 0.223 e. The van der Waals surface area contributed by atoms with Gasteiger partial charge in [-0.15, -0.1) is 11.3 Å². The van der Waals surface area contributed by atoms with Crippen LogP contribution in [0.4, 0.5) is 11.8 Å². The molecule has 3 N–H and O–H groups in total. The molecule has 0 saturated carbocycles. The molecule has 0 spiro atoms. The molecule has 3 aromatic heterocycles. The molecule has 3 rings (SSSR count). The van der Waals surface area contributed by atoms with Crippen molar-refractivity contribution in [3.63, 3.8) is 0 Å². The Morgan fingerprint density at radius 2 is 2.10 bits per heavy atom. The molecule has 0 saturated heterocycles. The number of nitrogens with zero attached hydrogens (tertiary/aromatic N) is 3. The third-order valence-corrected chi connectivity index (χ3v) is 4.31. The summed E-state index contributed by atoms with van der Waals surface area (Å²) in [6.45, 7) is 4.78. The Balaban J connectivity index is 1.98. The first kappa shape index (κ1) is 12.8. The minimum absolute atomic E-state index is 0.294. The van der Waals surface area contributed by atoms with Crippen LogP contribution >= 0.6 is 11.3 Å². The van der Waals surface area contributed by atoms with Gasteiger partial charge < -0.3 is 11.1 Å². The van der Waals surface area contributed by atoms with E-state index in [0.717, 1.165) is 21.7 Å². The van der Waals surface area contributed by atoms with Gasteiger partial charge in [0.25, 0.3) is 0 Å². The normalized spacial score (nSPS) is 10.9. The van der Waals surface area contributed by atoms with Gasteiger partial charge in [0.1, 0.15) is 10.6 Å². The summed E-state index contributed by atoms with van der Waals surface area (Å²) in [5.41, 5.74) is 7.94. The highest BCUT2D eigenvalue weighted by Gasteiger charge is 2.13. The largest absolute Gasteiger partial charge is 0.368 e. The summed E-state index contributed by atoms with van der Waals surface area (Å²) in [6.07, 6.45) is 1.78. The van der Waals surface area contributed by atoms with Gasteiger partial charge in [0.15, 0.2) is 0 Å². The van der Waals surface area contributed by atoms with E-state index < -0.39 is 0 Å². The molecule has 0 radical (unpaired) electrons. The number of fused-ring (bicyclic) bond motifs is 1. The predicted octanol–water partition coefficient (Wildman–Crippen LogP) is 2.90. The molecule has 0 unspecified atom stereocenters. The monoisotopic (exact) mass is 285 g/mol. The van der Waals surface area contributed by atoms with Gasteiger partial charge in [-0.2, -0.15) is 4.98 Å². The van der Waals surface area contributed by atoms with Crippen molar-refractivity contribution in [3.05, 3.63) is 40.5 Å². The van der Waals surface area contributed by atoms with Gasteiger partial charge in [-0.3, -0.25) is 4.98 Å². The van der Waals surface area contributed by atoms with E-state index in [0.29, 0.717) is 12.5 Å².